The molecule has 0 aromatic carbocycles. The monoisotopic (exact) mass is 222 g/mol. The van der Waals surface area contributed by atoms with Crippen LogP contribution in [0, 0.1) is 11.8 Å². The highest BCUT2D eigenvalue weighted by Gasteiger charge is 2.50. The maximum Gasteiger partial charge on any atom is 0.294 e. The molecular weight excluding hydrogens is 204 g/mol. The zero-order valence-electron chi connectivity index (χ0n) is 8.60. The smallest absolute Gasteiger partial charge is 0.294 e. The van der Waals surface area contributed by atoms with Crippen molar-refractivity contribution in [3.8, 4) is 0 Å². The van der Waals surface area contributed by atoms with Gasteiger partial charge in [-0.3, -0.25) is 4.55 Å². The maximum absolute atomic E-state index is 11.0. The molecular formula is C9H18O4S. The minimum atomic E-state index is -4.33. The Kier molecular flexibility index (Phi) is 3.23. The molecule has 1 aliphatic carbocycles. The molecule has 2 unspecified atom stereocenters. The first-order valence-electron chi connectivity index (χ1n) is 5.03. The van der Waals surface area contributed by atoms with E-state index in [-0.39, 0.29) is 24.7 Å². The Hall–Kier alpha value is -0.130. The Balaban J connectivity index is 2.89. The Morgan fingerprint density at radius 1 is 1.21 bits per heavy atom. The molecule has 0 radical (unpaired) electrons. The van der Waals surface area contributed by atoms with Crippen LogP contribution >= 0.6 is 0 Å². The molecule has 0 heterocycles. The molecule has 84 valence electrons. The van der Waals surface area contributed by atoms with Gasteiger partial charge in [0.15, 0.2) is 4.93 Å². The van der Waals surface area contributed by atoms with E-state index in [1.165, 1.54) is 0 Å². The van der Waals surface area contributed by atoms with Crippen LogP contribution in [0.5, 0.6) is 0 Å². The molecule has 0 aliphatic heterocycles. The summed E-state index contributed by atoms with van der Waals surface area (Å²) in [4.78, 5) is -1.89. The quantitative estimate of drug-likeness (QED) is 0.708. The summed E-state index contributed by atoms with van der Waals surface area (Å²) in [5, 5.41) is 9.79. The van der Waals surface area contributed by atoms with Crippen LogP contribution in [0.15, 0.2) is 0 Å². The van der Waals surface area contributed by atoms with Crippen molar-refractivity contribution in [2.45, 2.75) is 44.5 Å². The molecule has 0 bridgehead atoms. The van der Waals surface area contributed by atoms with Gasteiger partial charge in [-0.1, -0.05) is 26.7 Å². The molecule has 0 amide bonds. The van der Waals surface area contributed by atoms with Crippen LogP contribution in [0.2, 0.25) is 0 Å². The summed E-state index contributed by atoms with van der Waals surface area (Å²) in [5.41, 5.74) is 0. The van der Waals surface area contributed by atoms with Crippen LogP contribution in [0.4, 0.5) is 0 Å². The predicted molar refractivity (Wildman–Crippen MR) is 53.3 cm³/mol. The van der Waals surface area contributed by atoms with Crippen molar-refractivity contribution in [3.63, 3.8) is 0 Å². The topological polar surface area (TPSA) is 74.6 Å². The van der Waals surface area contributed by atoms with E-state index in [2.05, 4.69) is 0 Å². The summed E-state index contributed by atoms with van der Waals surface area (Å²) in [6.45, 7) is 3.95. The lowest BCUT2D eigenvalue weighted by atomic mass is 9.92. The molecule has 4 nitrogen and oxygen atoms in total. The second-order valence-electron chi connectivity index (χ2n) is 4.17. The average Bonchev–Trinajstić information content (AvgIpc) is 2.42. The lowest BCUT2D eigenvalue weighted by Gasteiger charge is -2.18. The lowest BCUT2D eigenvalue weighted by molar-refractivity contribution is 0.113. The summed E-state index contributed by atoms with van der Waals surface area (Å²) in [5.74, 6) is 0.402. The number of aliphatic hydroxyl groups is 1. The first-order chi connectivity index (χ1) is 6.34. The van der Waals surface area contributed by atoms with Crippen LogP contribution in [-0.2, 0) is 10.1 Å². The summed E-state index contributed by atoms with van der Waals surface area (Å²) >= 11 is 0. The maximum atomic E-state index is 11.0. The van der Waals surface area contributed by atoms with E-state index in [0.717, 1.165) is 12.8 Å². The SMILES string of the molecule is CCC1CC(O)(S(=O)(=O)O)CC1CC. The minimum Gasteiger partial charge on any atom is -0.372 e. The Bertz CT molecular complexity index is 284. The van der Waals surface area contributed by atoms with E-state index < -0.39 is 15.1 Å². The molecule has 0 aromatic heterocycles. The molecule has 14 heavy (non-hydrogen) atoms. The Morgan fingerprint density at radius 2 is 1.57 bits per heavy atom. The van der Waals surface area contributed by atoms with Crippen molar-refractivity contribution in [3.05, 3.63) is 0 Å². The average molecular weight is 222 g/mol. The number of rotatable bonds is 3. The molecule has 1 rings (SSSR count). The van der Waals surface area contributed by atoms with Gasteiger partial charge < -0.3 is 5.11 Å². The van der Waals surface area contributed by atoms with Crippen molar-refractivity contribution in [1.29, 1.82) is 0 Å². The molecule has 0 spiro atoms. The molecule has 2 N–H and O–H groups in total. The summed E-state index contributed by atoms with van der Waals surface area (Å²) in [6.07, 6.45) is 2.02. The van der Waals surface area contributed by atoms with Gasteiger partial charge in [-0.25, -0.2) is 0 Å². The van der Waals surface area contributed by atoms with Crippen LogP contribution in [0.3, 0.4) is 0 Å². The normalized spacial score (nSPS) is 38.9. The van der Waals surface area contributed by atoms with Gasteiger partial charge in [0.25, 0.3) is 10.1 Å². The minimum absolute atomic E-state index is 0.167. The third kappa shape index (κ3) is 1.94. The molecule has 0 saturated heterocycles. The van der Waals surface area contributed by atoms with E-state index in [9.17, 15) is 13.5 Å². The molecule has 0 aromatic rings. The predicted octanol–water partition coefficient (Wildman–Crippen LogP) is 1.41. The van der Waals surface area contributed by atoms with Crippen molar-refractivity contribution >= 4 is 10.1 Å². The van der Waals surface area contributed by atoms with Crippen molar-refractivity contribution < 1.29 is 18.1 Å². The van der Waals surface area contributed by atoms with Gasteiger partial charge >= 0.3 is 0 Å². The third-order valence-corrected chi connectivity index (χ3v) is 4.65. The number of hydrogen-bond donors (Lipinski definition) is 2. The van der Waals surface area contributed by atoms with Crippen molar-refractivity contribution in [2.75, 3.05) is 0 Å². The van der Waals surface area contributed by atoms with Gasteiger partial charge in [0.05, 0.1) is 0 Å². The summed E-state index contributed by atoms with van der Waals surface area (Å²) in [7, 11) is -4.33. The zero-order valence-corrected chi connectivity index (χ0v) is 9.42. The van der Waals surface area contributed by atoms with Crippen molar-refractivity contribution in [1.82, 2.24) is 0 Å². The second kappa shape index (κ2) is 3.79. The van der Waals surface area contributed by atoms with Gasteiger partial charge in [0, 0.05) is 0 Å². The molecule has 1 fully saturated rings. The van der Waals surface area contributed by atoms with Gasteiger partial charge in [-0.15, -0.1) is 0 Å². The Morgan fingerprint density at radius 3 is 1.79 bits per heavy atom. The molecule has 1 saturated carbocycles. The van der Waals surface area contributed by atoms with Crippen LogP contribution in [0.25, 0.3) is 0 Å². The van der Waals surface area contributed by atoms with Crippen molar-refractivity contribution in [2.24, 2.45) is 11.8 Å². The van der Waals surface area contributed by atoms with E-state index >= 15 is 0 Å². The van der Waals surface area contributed by atoms with E-state index in [1.807, 2.05) is 13.8 Å². The fourth-order valence-corrected chi connectivity index (χ4v) is 3.25. The number of hydrogen-bond acceptors (Lipinski definition) is 3. The molecule has 5 heteroatoms. The van der Waals surface area contributed by atoms with Gasteiger partial charge in [-0.05, 0) is 24.7 Å². The standard InChI is InChI=1S/C9H18O4S/c1-3-7-5-9(10,14(11,12)13)6-8(7)4-2/h7-8,10H,3-6H2,1-2H3,(H,11,12,13). The fourth-order valence-electron chi connectivity index (χ4n) is 2.40. The lowest BCUT2D eigenvalue weighted by Crippen LogP contribution is -2.35. The molecule has 1 aliphatic rings. The van der Waals surface area contributed by atoms with Gasteiger partial charge in [0.2, 0.25) is 0 Å². The van der Waals surface area contributed by atoms with Crippen LogP contribution in [0.1, 0.15) is 39.5 Å². The highest BCUT2D eigenvalue weighted by molar-refractivity contribution is 7.87. The van der Waals surface area contributed by atoms with Crippen LogP contribution in [-0.4, -0.2) is 23.0 Å². The summed E-state index contributed by atoms with van der Waals surface area (Å²) in [6, 6.07) is 0. The highest BCUT2D eigenvalue weighted by Crippen LogP contribution is 2.44. The first-order valence-corrected chi connectivity index (χ1v) is 6.47. The fraction of sp³-hybridized carbons (Fsp3) is 1.00. The second-order valence-corrected chi connectivity index (χ2v) is 5.88. The highest BCUT2D eigenvalue weighted by atomic mass is 32.2. The van der Waals surface area contributed by atoms with Gasteiger partial charge in [0.1, 0.15) is 0 Å². The summed E-state index contributed by atoms with van der Waals surface area (Å²) < 4.78 is 30.9. The van der Waals surface area contributed by atoms with E-state index in [4.69, 9.17) is 4.55 Å². The third-order valence-electron chi connectivity index (χ3n) is 3.36. The van der Waals surface area contributed by atoms with E-state index in [0.29, 0.717) is 0 Å². The molecule has 2 atom stereocenters. The first kappa shape index (κ1) is 11.9. The largest absolute Gasteiger partial charge is 0.372 e. The van der Waals surface area contributed by atoms with Crippen LogP contribution < -0.4 is 0 Å². The zero-order chi connectivity index (χ0) is 11.0. The Labute approximate surface area is 85.1 Å². The van der Waals surface area contributed by atoms with E-state index in [1.54, 1.807) is 0 Å². The van der Waals surface area contributed by atoms with Gasteiger partial charge in [-0.2, -0.15) is 8.42 Å².